The van der Waals surface area contributed by atoms with Crippen molar-refractivity contribution in [1.82, 2.24) is 10.3 Å². The van der Waals surface area contributed by atoms with E-state index < -0.39 is 0 Å². The van der Waals surface area contributed by atoms with Crippen molar-refractivity contribution in [3.63, 3.8) is 0 Å². The van der Waals surface area contributed by atoms with E-state index in [1.807, 2.05) is 11.3 Å². The fraction of sp³-hybridized carbons (Fsp3) is 0.786. The van der Waals surface area contributed by atoms with Crippen molar-refractivity contribution in [2.45, 2.75) is 52.4 Å². The first kappa shape index (κ1) is 13.0. The molecular formula is C14H24N2S. The van der Waals surface area contributed by atoms with E-state index in [-0.39, 0.29) is 5.41 Å². The van der Waals surface area contributed by atoms with E-state index in [2.05, 4.69) is 33.0 Å². The van der Waals surface area contributed by atoms with Gasteiger partial charge in [-0.25, -0.2) is 4.98 Å². The molecule has 0 bridgehead atoms. The van der Waals surface area contributed by atoms with Crippen LogP contribution in [0.5, 0.6) is 0 Å². The van der Waals surface area contributed by atoms with E-state index >= 15 is 0 Å². The summed E-state index contributed by atoms with van der Waals surface area (Å²) >= 11 is 1.92. The summed E-state index contributed by atoms with van der Waals surface area (Å²) in [4.78, 5) is 6.25. The maximum atomic E-state index is 4.75. The van der Waals surface area contributed by atoms with Gasteiger partial charge in [0.25, 0.3) is 0 Å². The molecule has 2 rings (SSSR count). The van der Waals surface area contributed by atoms with E-state index in [4.69, 9.17) is 4.98 Å². The van der Waals surface area contributed by atoms with Crippen LogP contribution in [-0.4, -0.2) is 18.1 Å². The first-order valence-corrected chi connectivity index (χ1v) is 7.46. The first-order chi connectivity index (χ1) is 7.97. The van der Waals surface area contributed by atoms with Crippen LogP contribution in [0.25, 0.3) is 0 Å². The molecular weight excluding hydrogens is 228 g/mol. The lowest BCUT2D eigenvalue weighted by molar-refractivity contribution is 0.377. The van der Waals surface area contributed by atoms with Crippen LogP contribution in [0, 0.1) is 12.8 Å². The van der Waals surface area contributed by atoms with Gasteiger partial charge in [-0.15, -0.1) is 11.3 Å². The molecule has 3 heteroatoms. The van der Waals surface area contributed by atoms with E-state index in [1.54, 1.807) is 0 Å². The average molecular weight is 252 g/mol. The summed E-state index contributed by atoms with van der Waals surface area (Å²) in [7, 11) is 0. The minimum Gasteiger partial charge on any atom is -0.316 e. The van der Waals surface area contributed by atoms with Crippen molar-refractivity contribution in [3.05, 3.63) is 15.6 Å². The lowest BCUT2D eigenvalue weighted by Crippen LogP contribution is -2.30. The molecule has 2 heterocycles. The van der Waals surface area contributed by atoms with Crippen molar-refractivity contribution in [2.24, 2.45) is 5.92 Å². The minimum atomic E-state index is 0.193. The van der Waals surface area contributed by atoms with Gasteiger partial charge in [0.1, 0.15) is 0 Å². The van der Waals surface area contributed by atoms with Gasteiger partial charge in [0.15, 0.2) is 0 Å². The largest absolute Gasteiger partial charge is 0.316 e. The van der Waals surface area contributed by atoms with Crippen LogP contribution in [-0.2, 0) is 11.8 Å². The molecule has 0 amide bonds. The quantitative estimate of drug-likeness (QED) is 0.873. The van der Waals surface area contributed by atoms with Crippen molar-refractivity contribution in [3.8, 4) is 0 Å². The van der Waals surface area contributed by atoms with Crippen molar-refractivity contribution in [2.75, 3.05) is 13.1 Å². The summed E-state index contributed by atoms with van der Waals surface area (Å²) in [5.74, 6) is 0.815. The SMILES string of the molecule is Cc1nc(C(C)(C)C)sc1CC1CCCNC1. The van der Waals surface area contributed by atoms with E-state index in [0.717, 1.165) is 5.92 Å². The van der Waals surface area contributed by atoms with Crippen LogP contribution in [0.15, 0.2) is 0 Å². The first-order valence-electron chi connectivity index (χ1n) is 6.64. The molecule has 0 radical (unpaired) electrons. The van der Waals surface area contributed by atoms with E-state index in [9.17, 15) is 0 Å². The molecule has 1 fully saturated rings. The van der Waals surface area contributed by atoms with Gasteiger partial charge >= 0.3 is 0 Å². The van der Waals surface area contributed by atoms with Crippen molar-refractivity contribution in [1.29, 1.82) is 0 Å². The Morgan fingerprint density at radius 3 is 2.71 bits per heavy atom. The third kappa shape index (κ3) is 3.29. The van der Waals surface area contributed by atoms with Gasteiger partial charge < -0.3 is 5.32 Å². The Labute approximate surface area is 109 Å². The highest BCUT2D eigenvalue weighted by Gasteiger charge is 2.22. The Bertz CT molecular complexity index is 370. The van der Waals surface area contributed by atoms with Gasteiger partial charge in [0.05, 0.1) is 10.7 Å². The molecule has 1 N–H and O–H groups in total. The standard InChI is InChI=1S/C14H24N2S/c1-10-12(8-11-6-5-7-15-9-11)17-13(16-10)14(2,3)4/h11,15H,5-9H2,1-4H3. The fourth-order valence-corrected chi connectivity index (χ4v) is 3.53. The smallest absolute Gasteiger partial charge is 0.0984 e. The van der Waals surface area contributed by atoms with Gasteiger partial charge in [0.2, 0.25) is 0 Å². The molecule has 1 aromatic heterocycles. The zero-order valence-electron chi connectivity index (χ0n) is 11.5. The van der Waals surface area contributed by atoms with E-state index in [1.165, 1.54) is 47.9 Å². The Balaban J connectivity index is 2.07. The zero-order chi connectivity index (χ0) is 12.5. The molecule has 1 unspecified atom stereocenters. The van der Waals surface area contributed by atoms with Crippen LogP contribution in [0.3, 0.4) is 0 Å². The number of nitrogens with zero attached hydrogens (tertiary/aromatic N) is 1. The minimum absolute atomic E-state index is 0.193. The lowest BCUT2D eigenvalue weighted by atomic mass is 9.95. The second-order valence-corrected chi connectivity index (χ2v) is 7.28. The highest BCUT2D eigenvalue weighted by Crippen LogP contribution is 2.31. The number of nitrogens with one attached hydrogen (secondary N) is 1. The Hall–Kier alpha value is -0.410. The fourth-order valence-electron chi connectivity index (χ4n) is 2.30. The summed E-state index contributed by atoms with van der Waals surface area (Å²) in [6.45, 7) is 11.3. The number of thiazole rings is 1. The number of piperidine rings is 1. The molecule has 0 aromatic carbocycles. The summed E-state index contributed by atoms with van der Waals surface area (Å²) in [6.07, 6.45) is 3.91. The second-order valence-electron chi connectivity index (χ2n) is 6.19. The number of hydrogen-bond acceptors (Lipinski definition) is 3. The number of hydrogen-bond donors (Lipinski definition) is 1. The van der Waals surface area contributed by atoms with Gasteiger partial charge in [-0.3, -0.25) is 0 Å². The molecule has 0 spiro atoms. The van der Waals surface area contributed by atoms with E-state index in [0.29, 0.717) is 0 Å². The second kappa shape index (κ2) is 5.07. The number of aromatic nitrogens is 1. The maximum Gasteiger partial charge on any atom is 0.0984 e. The van der Waals surface area contributed by atoms with Crippen LogP contribution < -0.4 is 5.32 Å². The molecule has 17 heavy (non-hydrogen) atoms. The average Bonchev–Trinajstić information content (AvgIpc) is 2.62. The van der Waals surface area contributed by atoms with Crippen LogP contribution >= 0.6 is 11.3 Å². The van der Waals surface area contributed by atoms with Crippen LogP contribution in [0.2, 0.25) is 0 Å². The Kier molecular flexibility index (Phi) is 3.88. The summed E-state index contributed by atoms with van der Waals surface area (Å²) in [5, 5.41) is 4.78. The predicted molar refractivity (Wildman–Crippen MR) is 74.8 cm³/mol. The molecule has 1 atom stereocenters. The van der Waals surface area contributed by atoms with Crippen molar-refractivity contribution < 1.29 is 0 Å². The Morgan fingerprint density at radius 1 is 1.41 bits per heavy atom. The third-order valence-electron chi connectivity index (χ3n) is 3.41. The highest BCUT2D eigenvalue weighted by molar-refractivity contribution is 7.11. The van der Waals surface area contributed by atoms with Gasteiger partial charge in [-0.2, -0.15) is 0 Å². The molecule has 1 saturated heterocycles. The molecule has 0 aliphatic carbocycles. The summed E-state index contributed by atoms with van der Waals surface area (Å²) in [6, 6.07) is 0. The maximum absolute atomic E-state index is 4.75. The van der Waals surface area contributed by atoms with Gasteiger partial charge in [0, 0.05) is 10.3 Å². The predicted octanol–water partition coefficient (Wildman–Crippen LogP) is 3.29. The van der Waals surface area contributed by atoms with Gasteiger partial charge in [-0.1, -0.05) is 20.8 Å². The molecule has 2 nitrogen and oxygen atoms in total. The number of rotatable bonds is 2. The molecule has 1 aromatic rings. The molecule has 1 aliphatic heterocycles. The zero-order valence-corrected chi connectivity index (χ0v) is 12.3. The molecule has 0 saturated carbocycles. The normalized spacial score (nSPS) is 21.8. The highest BCUT2D eigenvalue weighted by atomic mass is 32.1. The summed E-state index contributed by atoms with van der Waals surface area (Å²) < 4.78 is 0. The van der Waals surface area contributed by atoms with Crippen molar-refractivity contribution >= 4 is 11.3 Å². The molecule has 96 valence electrons. The summed E-state index contributed by atoms with van der Waals surface area (Å²) in [5.41, 5.74) is 1.45. The monoisotopic (exact) mass is 252 g/mol. The topological polar surface area (TPSA) is 24.9 Å². The lowest BCUT2D eigenvalue weighted by Gasteiger charge is -2.22. The van der Waals surface area contributed by atoms with Crippen LogP contribution in [0.4, 0.5) is 0 Å². The van der Waals surface area contributed by atoms with Gasteiger partial charge in [-0.05, 0) is 45.2 Å². The van der Waals surface area contributed by atoms with Crippen LogP contribution in [0.1, 0.15) is 49.2 Å². The third-order valence-corrected chi connectivity index (χ3v) is 5.01. The molecule has 1 aliphatic rings. The Morgan fingerprint density at radius 2 is 2.18 bits per heavy atom. The number of aryl methyl sites for hydroxylation is 1.